The molecule has 0 saturated heterocycles. The van der Waals surface area contributed by atoms with Crippen LogP contribution in [-0.4, -0.2) is 16.5 Å². The van der Waals surface area contributed by atoms with Gasteiger partial charge >= 0.3 is 0 Å². The van der Waals surface area contributed by atoms with E-state index in [0.29, 0.717) is 5.69 Å². The standard InChI is InChI=1S/C16H14N4O/c1-21-13-4-2-3-11(9-13)16-14(7-8-17)20-10-12(18)5-6-15(20)19-16/h2-6,9-10H,7,18H2,1H3. The number of aromatic nitrogens is 2. The SMILES string of the molecule is COc1cccc(-c2nc3ccc(N)cn3c2CC#N)c1. The van der Waals surface area contributed by atoms with Gasteiger partial charge in [-0.15, -0.1) is 0 Å². The minimum absolute atomic E-state index is 0.261. The van der Waals surface area contributed by atoms with Crippen LogP contribution >= 0.6 is 0 Å². The van der Waals surface area contributed by atoms with Gasteiger partial charge in [-0.2, -0.15) is 5.26 Å². The lowest BCUT2D eigenvalue weighted by Crippen LogP contribution is -1.96. The number of hydrogen-bond acceptors (Lipinski definition) is 4. The highest BCUT2D eigenvalue weighted by Crippen LogP contribution is 2.28. The first-order chi connectivity index (χ1) is 10.2. The number of anilines is 1. The maximum atomic E-state index is 9.09. The number of nitriles is 1. The Morgan fingerprint density at radius 2 is 2.19 bits per heavy atom. The van der Waals surface area contributed by atoms with Gasteiger partial charge in [-0.25, -0.2) is 4.98 Å². The van der Waals surface area contributed by atoms with E-state index < -0.39 is 0 Å². The zero-order chi connectivity index (χ0) is 14.8. The number of nitrogens with zero attached hydrogens (tertiary/aromatic N) is 3. The Bertz CT molecular complexity index is 845. The largest absolute Gasteiger partial charge is 0.497 e. The molecule has 3 rings (SSSR count). The van der Waals surface area contributed by atoms with Gasteiger partial charge in [0.15, 0.2) is 0 Å². The Balaban J connectivity index is 2.26. The second kappa shape index (κ2) is 5.17. The fourth-order valence-electron chi connectivity index (χ4n) is 2.36. The van der Waals surface area contributed by atoms with E-state index in [2.05, 4.69) is 11.1 Å². The quantitative estimate of drug-likeness (QED) is 0.799. The molecule has 0 aliphatic carbocycles. The molecule has 2 N–H and O–H groups in total. The molecule has 0 amide bonds. The lowest BCUT2D eigenvalue weighted by Gasteiger charge is -2.04. The second-order valence-electron chi connectivity index (χ2n) is 4.66. The van der Waals surface area contributed by atoms with Crippen molar-refractivity contribution in [3.8, 4) is 23.1 Å². The molecule has 0 aliphatic heterocycles. The third-order valence-electron chi connectivity index (χ3n) is 3.33. The number of imidazole rings is 1. The van der Waals surface area contributed by atoms with E-state index in [0.717, 1.165) is 28.3 Å². The van der Waals surface area contributed by atoms with Gasteiger partial charge in [0.1, 0.15) is 11.4 Å². The number of benzene rings is 1. The van der Waals surface area contributed by atoms with Gasteiger partial charge in [0.2, 0.25) is 0 Å². The van der Waals surface area contributed by atoms with Crippen LogP contribution in [0.5, 0.6) is 5.75 Å². The Labute approximate surface area is 122 Å². The van der Waals surface area contributed by atoms with Crippen LogP contribution in [0.15, 0.2) is 42.6 Å². The number of rotatable bonds is 3. The molecule has 0 aliphatic rings. The Hall–Kier alpha value is -3.00. The molecule has 0 spiro atoms. The molecule has 5 heteroatoms. The van der Waals surface area contributed by atoms with Gasteiger partial charge in [-0.3, -0.25) is 0 Å². The average Bonchev–Trinajstić information content (AvgIpc) is 2.86. The molecule has 0 radical (unpaired) electrons. The highest BCUT2D eigenvalue weighted by Gasteiger charge is 2.14. The van der Waals surface area contributed by atoms with Crippen molar-refractivity contribution in [1.29, 1.82) is 5.26 Å². The number of fused-ring (bicyclic) bond motifs is 1. The van der Waals surface area contributed by atoms with Gasteiger partial charge in [-0.05, 0) is 24.3 Å². The summed E-state index contributed by atoms with van der Waals surface area (Å²) in [5.74, 6) is 0.756. The zero-order valence-corrected chi connectivity index (χ0v) is 11.6. The van der Waals surface area contributed by atoms with Crippen molar-refractivity contribution < 1.29 is 4.74 Å². The van der Waals surface area contributed by atoms with Gasteiger partial charge in [-0.1, -0.05) is 12.1 Å². The third kappa shape index (κ3) is 2.28. The Morgan fingerprint density at radius 3 is 2.95 bits per heavy atom. The van der Waals surface area contributed by atoms with Crippen molar-refractivity contribution in [3.05, 3.63) is 48.3 Å². The lowest BCUT2D eigenvalue weighted by molar-refractivity contribution is 0.415. The highest BCUT2D eigenvalue weighted by molar-refractivity contribution is 5.69. The summed E-state index contributed by atoms with van der Waals surface area (Å²) in [6.07, 6.45) is 2.05. The number of methoxy groups -OCH3 is 1. The fraction of sp³-hybridized carbons (Fsp3) is 0.125. The first-order valence-corrected chi connectivity index (χ1v) is 6.51. The molecule has 0 bridgehead atoms. The normalized spacial score (nSPS) is 10.5. The Morgan fingerprint density at radius 1 is 1.33 bits per heavy atom. The molecule has 0 unspecified atom stereocenters. The van der Waals surface area contributed by atoms with Gasteiger partial charge in [0.25, 0.3) is 0 Å². The van der Waals surface area contributed by atoms with Gasteiger partial charge < -0.3 is 14.9 Å². The predicted octanol–water partition coefficient (Wildman–Crippen LogP) is 2.66. The second-order valence-corrected chi connectivity index (χ2v) is 4.66. The number of hydrogen-bond donors (Lipinski definition) is 1. The maximum absolute atomic E-state index is 9.09. The monoisotopic (exact) mass is 278 g/mol. The molecule has 5 nitrogen and oxygen atoms in total. The molecule has 104 valence electrons. The summed E-state index contributed by atoms with van der Waals surface area (Å²) in [6.45, 7) is 0. The van der Waals surface area contributed by atoms with Crippen LogP contribution < -0.4 is 10.5 Å². The number of ether oxygens (including phenoxy) is 1. The van der Waals surface area contributed by atoms with E-state index in [1.165, 1.54) is 0 Å². The number of nitrogen functional groups attached to an aromatic ring is 1. The highest BCUT2D eigenvalue weighted by atomic mass is 16.5. The van der Waals surface area contributed by atoms with Gasteiger partial charge in [0, 0.05) is 17.4 Å². The molecule has 21 heavy (non-hydrogen) atoms. The van der Waals surface area contributed by atoms with E-state index in [-0.39, 0.29) is 6.42 Å². The topological polar surface area (TPSA) is 76.3 Å². The van der Waals surface area contributed by atoms with E-state index in [1.54, 1.807) is 19.4 Å². The molecule has 0 saturated carbocycles. The third-order valence-corrected chi connectivity index (χ3v) is 3.33. The van der Waals surface area contributed by atoms with Crippen molar-refractivity contribution in [2.75, 3.05) is 12.8 Å². The predicted molar refractivity (Wildman–Crippen MR) is 80.9 cm³/mol. The van der Waals surface area contributed by atoms with Crippen LogP contribution in [-0.2, 0) is 6.42 Å². The van der Waals surface area contributed by atoms with Crippen LogP contribution in [0.1, 0.15) is 5.69 Å². The van der Waals surface area contributed by atoms with E-state index in [9.17, 15) is 0 Å². The summed E-state index contributed by atoms with van der Waals surface area (Å²) < 4.78 is 7.12. The molecular formula is C16H14N4O. The first-order valence-electron chi connectivity index (χ1n) is 6.51. The number of pyridine rings is 1. The molecule has 3 aromatic rings. The van der Waals surface area contributed by atoms with E-state index in [4.69, 9.17) is 15.7 Å². The minimum atomic E-state index is 0.261. The summed E-state index contributed by atoms with van der Waals surface area (Å²) in [4.78, 5) is 4.62. The first kappa shape index (κ1) is 13.0. The van der Waals surface area contributed by atoms with Crippen molar-refractivity contribution in [2.24, 2.45) is 0 Å². The average molecular weight is 278 g/mol. The van der Waals surface area contributed by atoms with Gasteiger partial charge in [0.05, 0.1) is 31.0 Å². The lowest BCUT2D eigenvalue weighted by atomic mass is 10.1. The number of nitrogens with two attached hydrogens (primary N) is 1. The molecule has 0 fully saturated rings. The summed E-state index contributed by atoms with van der Waals surface area (Å²) in [5, 5.41) is 9.09. The van der Waals surface area contributed by atoms with Crippen molar-refractivity contribution in [3.63, 3.8) is 0 Å². The van der Waals surface area contributed by atoms with E-state index >= 15 is 0 Å². The smallest absolute Gasteiger partial charge is 0.137 e. The molecule has 2 aromatic heterocycles. The summed E-state index contributed by atoms with van der Waals surface area (Å²) >= 11 is 0. The maximum Gasteiger partial charge on any atom is 0.137 e. The van der Waals surface area contributed by atoms with Crippen LogP contribution in [0, 0.1) is 11.3 Å². The zero-order valence-electron chi connectivity index (χ0n) is 11.6. The van der Waals surface area contributed by atoms with Crippen LogP contribution in [0.4, 0.5) is 5.69 Å². The molecule has 1 aromatic carbocycles. The van der Waals surface area contributed by atoms with Crippen molar-refractivity contribution >= 4 is 11.3 Å². The summed E-state index contributed by atoms with van der Waals surface area (Å²) in [5.41, 5.74) is 9.76. The fourth-order valence-corrected chi connectivity index (χ4v) is 2.36. The molecular weight excluding hydrogens is 264 g/mol. The van der Waals surface area contributed by atoms with Crippen molar-refractivity contribution in [2.45, 2.75) is 6.42 Å². The van der Waals surface area contributed by atoms with E-state index in [1.807, 2.05) is 34.7 Å². The molecule has 2 heterocycles. The van der Waals surface area contributed by atoms with Crippen LogP contribution in [0.25, 0.3) is 16.9 Å². The molecule has 0 atom stereocenters. The summed E-state index contributed by atoms with van der Waals surface area (Å²) in [7, 11) is 1.62. The van der Waals surface area contributed by atoms with Crippen LogP contribution in [0.3, 0.4) is 0 Å². The minimum Gasteiger partial charge on any atom is -0.497 e. The summed E-state index contributed by atoms with van der Waals surface area (Å²) in [6, 6.07) is 13.5. The van der Waals surface area contributed by atoms with Crippen LogP contribution in [0.2, 0.25) is 0 Å². The van der Waals surface area contributed by atoms with Crippen molar-refractivity contribution in [1.82, 2.24) is 9.38 Å². The Kier molecular flexibility index (Phi) is 3.20.